The average molecular weight is 924 g/mol. The number of anilines is 2. The van der Waals surface area contributed by atoms with Crippen LogP contribution in [0.4, 0.5) is 11.4 Å². The van der Waals surface area contributed by atoms with Gasteiger partial charge in [0, 0.05) is 44.6 Å². The molecule has 3 N–H and O–H groups in total. The Bertz CT molecular complexity index is 3170. The van der Waals surface area contributed by atoms with Gasteiger partial charge in [-0.2, -0.15) is 0 Å². The van der Waals surface area contributed by atoms with Crippen molar-refractivity contribution in [1.82, 2.24) is 0 Å². The molecule has 6 aromatic rings. The molecule has 2 aliphatic carbocycles. The van der Waals surface area contributed by atoms with Gasteiger partial charge in [0.25, 0.3) is 0 Å². The Balaban J connectivity index is 0.000000159. The minimum Gasteiger partial charge on any atom is -0.501 e. The number of allylic oxidation sites excluding steroid dienone is 8. The Morgan fingerprint density at radius 1 is 0.706 bits per heavy atom. The predicted octanol–water partition coefficient (Wildman–Crippen LogP) is 15.4. The van der Waals surface area contributed by atoms with E-state index in [0.717, 1.165) is 39.3 Å². The van der Waals surface area contributed by atoms with Crippen molar-refractivity contribution < 1.29 is 4.74 Å². The first-order valence-electron chi connectivity index (χ1n) is 23.0. The summed E-state index contributed by atoms with van der Waals surface area (Å²) in [7, 11) is 1.69. The van der Waals surface area contributed by atoms with Gasteiger partial charge in [0.15, 0.2) is 0 Å². The third kappa shape index (κ3) is 9.27. The van der Waals surface area contributed by atoms with E-state index >= 15 is 0 Å². The molecule has 336 valence electrons. The van der Waals surface area contributed by atoms with E-state index in [1.165, 1.54) is 60.1 Å². The quantitative estimate of drug-likeness (QED) is 0.0724. The lowest BCUT2D eigenvalue weighted by Crippen LogP contribution is -2.15. The van der Waals surface area contributed by atoms with Crippen LogP contribution < -0.4 is 10.6 Å². The lowest BCUT2D eigenvalue weighted by Gasteiger charge is -2.22. The number of thioether (sulfide) groups is 2. The van der Waals surface area contributed by atoms with Gasteiger partial charge in [-0.3, -0.25) is 9.98 Å². The summed E-state index contributed by atoms with van der Waals surface area (Å²) in [6, 6.07) is 49.5. The lowest BCUT2D eigenvalue weighted by molar-refractivity contribution is 0.294. The monoisotopic (exact) mass is 923 g/mol. The number of nitrogens with one attached hydrogen (secondary N) is 3. The number of para-hydroxylation sites is 2. The minimum absolute atomic E-state index is 0.0406. The molecule has 68 heavy (non-hydrogen) atoms. The Morgan fingerprint density at radius 2 is 1.35 bits per heavy atom. The van der Waals surface area contributed by atoms with E-state index < -0.39 is 0 Å². The number of benzene rings is 6. The molecule has 0 aromatic heterocycles. The molecule has 0 bridgehead atoms. The molecule has 0 saturated carbocycles. The average Bonchev–Trinajstić information content (AvgIpc) is 4.18. The second-order valence-electron chi connectivity index (χ2n) is 17.9. The second-order valence-corrected chi connectivity index (χ2v) is 20.2. The summed E-state index contributed by atoms with van der Waals surface area (Å²) in [6.07, 6.45) is 18.1. The number of nitrogens with zero attached hydrogens (tertiary/aromatic N) is 2. The summed E-state index contributed by atoms with van der Waals surface area (Å²) in [6.45, 7) is 8.65. The molecule has 6 aromatic carbocycles. The summed E-state index contributed by atoms with van der Waals surface area (Å²) in [5.41, 5.74) is 18.1. The first-order chi connectivity index (χ1) is 33.1. The maximum absolute atomic E-state index is 8.79. The van der Waals surface area contributed by atoms with Crippen molar-refractivity contribution in [2.45, 2.75) is 59.7 Å². The fraction of sp³-hybridized carbons (Fsp3) is 0.150. The Kier molecular flexibility index (Phi) is 12.6. The zero-order valence-electron chi connectivity index (χ0n) is 38.8. The summed E-state index contributed by atoms with van der Waals surface area (Å²) in [5, 5.41) is 16.4. The largest absolute Gasteiger partial charge is 0.501 e. The molecular weight excluding hydrogens is 871 g/mol. The maximum Gasteiger partial charge on any atom is 0.103 e. The molecule has 0 radical (unpaired) electrons. The molecular formula is C60H53N5OS2. The van der Waals surface area contributed by atoms with Crippen LogP contribution in [0.15, 0.2) is 219 Å². The number of hydrogen-bond acceptors (Lipinski definition) is 8. The van der Waals surface area contributed by atoms with E-state index in [1.807, 2.05) is 73.2 Å². The Morgan fingerprint density at radius 3 is 2.06 bits per heavy atom. The molecule has 3 heterocycles. The van der Waals surface area contributed by atoms with Gasteiger partial charge in [0.1, 0.15) is 10.7 Å². The molecule has 5 aliphatic rings. The lowest BCUT2D eigenvalue weighted by atomic mass is 9.81. The van der Waals surface area contributed by atoms with Crippen LogP contribution in [0.1, 0.15) is 77.4 Å². The maximum atomic E-state index is 8.79. The second kappa shape index (κ2) is 19.2. The van der Waals surface area contributed by atoms with Crippen LogP contribution in [0.5, 0.6) is 0 Å². The molecule has 0 amide bonds. The summed E-state index contributed by atoms with van der Waals surface area (Å²) >= 11 is 3.67. The highest BCUT2D eigenvalue weighted by molar-refractivity contribution is 8.00. The molecule has 0 fully saturated rings. The van der Waals surface area contributed by atoms with Gasteiger partial charge in [-0.15, -0.1) is 0 Å². The third-order valence-electron chi connectivity index (χ3n) is 13.1. The van der Waals surface area contributed by atoms with Crippen LogP contribution in [-0.4, -0.2) is 31.3 Å². The number of ether oxygens (including phenoxy) is 1. The fourth-order valence-corrected chi connectivity index (χ4v) is 11.4. The molecule has 3 unspecified atom stereocenters. The Hall–Kier alpha value is -7.13. The molecule has 3 atom stereocenters. The van der Waals surface area contributed by atoms with Crippen LogP contribution in [0, 0.1) is 5.41 Å². The highest BCUT2D eigenvalue weighted by Gasteiger charge is 2.35. The van der Waals surface area contributed by atoms with E-state index in [1.54, 1.807) is 7.11 Å². The van der Waals surface area contributed by atoms with Crippen LogP contribution in [0.2, 0.25) is 0 Å². The molecule has 0 saturated heterocycles. The molecule has 6 nitrogen and oxygen atoms in total. The topological polar surface area (TPSA) is 81.9 Å². The number of aliphatic imine (C=N–C) groups is 2. The number of methoxy groups -OCH3 is 1. The molecule has 11 rings (SSSR count). The van der Waals surface area contributed by atoms with E-state index in [0.29, 0.717) is 5.71 Å². The summed E-state index contributed by atoms with van der Waals surface area (Å²) in [5.74, 6) is 0.850. The molecule has 3 aliphatic heterocycles. The number of fused-ring (bicyclic) bond motifs is 6. The van der Waals surface area contributed by atoms with Gasteiger partial charge in [0.05, 0.1) is 30.3 Å². The van der Waals surface area contributed by atoms with Crippen molar-refractivity contribution in [1.29, 1.82) is 5.41 Å². The van der Waals surface area contributed by atoms with Gasteiger partial charge in [-0.25, -0.2) is 0 Å². The zero-order chi connectivity index (χ0) is 46.8. The van der Waals surface area contributed by atoms with Crippen LogP contribution >= 0.6 is 23.5 Å². The van der Waals surface area contributed by atoms with E-state index in [4.69, 9.17) is 15.1 Å². The van der Waals surface area contributed by atoms with E-state index in [2.05, 4.69) is 188 Å². The summed E-state index contributed by atoms with van der Waals surface area (Å²) in [4.78, 5) is 11.8. The third-order valence-corrected chi connectivity index (χ3v) is 15.5. The minimum atomic E-state index is -0.0406. The Labute approximate surface area is 408 Å². The van der Waals surface area contributed by atoms with Crippen LogP contribution in [-0.2, 0) is 10.2 Å². The zero-order valence-corrected chi connectivity index (χ0v) is 40.5. The fourth-order valence-electron chi connectivity index (χ4n) is 9.18. The van der Waals surface area contributed by atoms with Crippen LogP contribution in [0.25, 0.3) is 22.3 Å². The van der Waals surface area contributed by atoms with Crippen molar-refractivity contribution in [3.63, 3.8) is 0 Å². The SMILES string of the molecule is C/C(=C\C(=N)c1cccc(C2Nc3ccccc3S2)c1)c1cccc(C2Nc3ccccc3S2)c1.CO/C(C)=C/C=C(\C=NC1=CC2=CC=NC2C=C1)c1ccc2c(c1)C(C)(C)c1ccccc1-2. The van der Waals surface area contributed by atoms with Crippen molar-refractivity contribution >= 4 is 64.2 Å². The van der Waals surface area contributed by atoms with Gasteiger partial charge >= 0.3 is 0 Å². The smallest absolute Gasteiger partial charge is 0.103 e. The van der Waals surface area contributed by atoms with E-state index in [-0.39, 0.29) is 22.2 Å². The van der Waals surface area contributed by atoms with Crippen molar-refractivity contribution in [3.05, 3.63) is 238 Å². The standard InChI is InChI=1S/C30H25N3S2.C30H28N2O/c1-19(20-8-6-10-22(17-20)29-32-25-12-2-4-14-27(25)34-29)16-24(31)21-9-7-11-23(18-21)30-33-26-13-3-5-15-28(26)35-30;1-20(33-4)9-10-23(19-32-24-12-14-29-22(17-24)15-16-31-29)21-11-13-26-25-7-5-6-8-27(25)30(2,3)28(26)18-21/h2-18,29-33H,1H3;5-19,29H,1-4H3/b19-16+,31-24?;20-9+,23-10+,32-19?. The normalized spacial score (nSPS) is 19.4. The van der Waals surface area contributed by atoms with Crippen LogP contribution in [0.3, 0.4) is 0 Å². The first kappa shape index (κ1) is 44.7. The van der Waals surface area contributed by atoms with Gasteiger partial charge < -0.3 is 20.8 Å². The molecule has 0 spiro atoms. The van der Waals surface area contributed by atoms with Gasteiger partial charge in [-0.05, 0) is 154 Å². The van der Waals surface area contributed by atoms with Crippen molar-refractivity contribution in [2.75, 3.05) is 17.7 Å². The van der Waals surface area contributed by atoms with Gasteiger partial charge in [0.2, 0.25) is 0 Å². The van der Waals surface area contributed by atoms with Gasteiger partial charge in [-0.1, -0.05) is 141 Å². The molecule has 8 heteroatoms. The highest BCUT2D eigenvalue weighted by atomic mass is 32.2. The van der Waals surface area contributed by atoms with Crippen molar-refractivity contribution in [2.24, 2.45) is 9.98 Å². The predicted molar refractivity (Wildman–Crippen MR) is 290 cm³/mol. The number of rotatable bonds is 10. The highest BCUT2D eigenvalue weighted by Crippen LogP contribution is 2.50. The summed E-state index contributed by atoms with van der Waals surface area (Å²) < 4.78 is 5.36. The number of hydrogen-bond donors (Lipinski definition) is 3. The van der Waals surface area contributed by atoms with E-state index in [9.17, 15) is 0 Å². The van der Waals surface area contributed by atoms with Crippen molar-refractivity contribution in [3.8, 4) is 11.1 Å². The first-order valence-corrected chi connectivity index (χ1v) is 24.7.